The molecular formula is C16H26ClFN2. The zero-order valence-electron chi connectivity index (χ0n) is 12.6. The fourth-order valence-electron chi connectivity index (χ4n) is 2.52. The van der Waals surface area contributed by atoms with Crippen molar-refractivity contribution in [2.45, 2.75) is 52.4 Å². The van der Waals surface area contributed by atoms with Gasteiger partial charge in [-0.1, -0.05) is 51.1 Å². The van der Waals surface area contributed by atoms with Gasteiger partial charge in [0, 0.05) is 18.1 Å². The van der Waals surface area contributed by atoms with Gasteiger partial charge in [0.2, 0.25) is 0 Å². The highest BCUT2D eigenvalue weighted by atomic mass is 35.5. The lowest BCUT2D eigenvalue weighted by atomic mass is 10.2. The Balaban J connectivity index is 0.00000200. The van der Waals surface area contributed by atoms with Gasteiger partial charge in [0.25, 0.3) is 0 Å². The first-order valence-corrected chi connectivity index (χ1v) is 8.00. The van der Waals surface area contributed by atoms with Crippen LogP contribution in [0.2, 0.25) is 5.02 Å². The lowest BCUT2D eigenvalue weighted by molar-refractivity contribution is 0.281. The van der Waals surface area contributed by atoms with Crippen molar-refractivity contribution >= 4 is 23.0 Å². The molecule has 4 heteroatoms. The zero-order chi connectivity index (χ0) is 13.7. The highest BCUT2D eigenvalue weighted by Crippen LogP contribution is 2.50. The quantitative estimate of drug-likeness (QED) is 0.436. The van der Waals surface area contributed by atoms with Crippen LogP contribution in [0.1, 0.15) is 52.4 Å². The lowest BCUT2D eigenvalue weighted by Crippen LogP contribution is -2.33. The number of anilines is 2. The summed E-state index contributed by atoms with van der Waals surface area (Å²) >= 11 is 6.06. The average Bonchev–Trinajstić information content (AvgIpc) is 3.10. The largest absolute Gasteiger partial charge is 0.270 e. The molecule has 114 valence electrons. The molecule has 0 radical (unpaired) electrons. The van der Waals surface area contributed by atoms with Crippen LogP contribution in [0, 0.1) is 0 Å². The Labute approximate surface area is 127 Å². The van der Waals surface area contributed by atoms with E-state index in [4.69, 9.17) is 11.6 Å². The normalized spacial score (nSPS) is 12.3. The lowest BCUT2D eigenvalue weighted by Gasteiger charge is -2.24. The highest BCUT2D eigenvalue weighted by Gasteiger charge is 2.33. The van der Waals surface area contributed by atoms with E-state index in [1.54, 1.807) is 0 Å². The Morgan fingerprint density at radius 1 is 0.950 bits per heavy atom. The van der Waals surface area contributed by atoms with E-state index < -0.39 is 0 Å². The van der Waals surface area contributed by atoms with Gasteiger partial charge in [0.15, 0.2) is 0 Å². The van der Waals surface area contributed by atoms with Crippen LogP contribution in [0.15, 0.2) is 18.2 Å². The smallest absolute Gasteiger partial charge is 0.0847 e. The summed E-state index contributed by atoms with van der Waals surface area (Å²) in [5.74, 6) is 0. The van der Waals surface area contributed by atoms with Crippen LogP contribution < -0.4 is 5.01 Å². The molecule has 0 saturated heterocycles. The SMILES string of the molecule is CCCCCN(CCCCC)N1c2ccc(Cl)cc21.F. The molecule has 1 aromatic rings. The molecule has 0 bridgehead atoms. The molecule has 20 heavy (non-hydrogen) atoms. The Morgan fingerprint density at radius 3 is 2.05 bits per heavy atom. The van der Waals surface area contributed by atoms with Gasteiger partial charge in [-0.05, 0) is 31.0 Å². The van der Waals surface area contributed by atoms with Crippen molar-refractivity contribution < 1.29 is 4.70 Å². The molecule has 0 atom stereocenters. The second-order valence-corrected chi connectivity index (χ2v) is 5.75. The van der Waals surface area contributed by atoms with Gasteiger partial charge in [-0.2, -0.15) is 0 Å². The van der Waals surface area contributed by atoms with E-state index in [0.717, 1.165) is 18.1 Å². The van der Waals surface area contributed by atoms with Gasteiger partial charge in [0.05, 0.1) is 11.4 Å². The molecule has 0 unspecified atom stereocenters. The zero-order valence-corrected chi connectivity index (χ0v) is 13.3. The van der Waals surface area contributed by atoms with Crippen LogP contribution in [0.5, 0.6) is 0 Å². The third-order valence-corrected chi connectivity index (χ3v) is 3.90. The maximum absolute atomic E-state index is 6.06. The summed E-state index contributed by atoms with van der Waals surface area (Å²) in [6, 6.07) is 6.19. The number of hydrazine groups is 1. The summed E-state index contributed by atoms with van der Waals surface area (Å²) in [5, 5.41) is 5.67. The van der Waals surface area contributed by atoms with E-state index >= 15 is 0 Å². The Bertz CT molecular complexity index is 401. The third-order valence-electron chi connectivity index (χ3n) is 3.67. The fourth-order valence-corrected chi connectivity index (χ4v) is 2.68. The molecule has 0 amide bonds. The number of unbranched alkanes of at least 4 members (excludes halogenated alkanes) is 4. The second-order valence-electron chi connectivity index (χ2n) is 5.31. The molecule has 0 fully saturated rings. The van der Waals surface area contributed by atoms with Gasteiger partial charge in [-0.3, -0.25) is 9.71 Å². The van der Waals surface area contributed by atoms with E-state index in [1.807, 2.05) is 6.07 Å². The predicted molar refractivity (Wildman–Crippen MR) is 86.7 cm³/mol. The summed E-state index contributed by atoms with van der Waals surface area (Å²) in [6.07, 6.45) is 7.75. The number of halogens is 2. The molecule has 1 aliphatic heterocycles. The van der Waals surface area contributed by atoms with Gasteiger partial charge in [0.1, 0.15) is 0 Å². The number of benzene rings is 1. The molecule has 0 N–H and O–H groups in total. The van der Waals surface area contributed by atoms with Crippen molar-refractivity contribution in [1.29, 1.82) is 0 Å². The molecule has 0 aromatic heterocycles. The first-order valence-electron chi connectivity index (χ1n) is 7.62. The molecule has 0 spiro atoms. The molecule has 2 rings (SSSR count). The summed E-state index contributed by atoms with van der Waals surface area (Å²) < 4.78 is 0. The number of hydrogen-bond acceptors (Lipinski definition) is 2. The summed E-state index contributed by atoms with van der Waals surface area (Å²) in [7, 11) is 0. The summed E-state index contributed by atoms with van der Waals surface area (Å²) in [5.41, 5.74) is 2.62. The first-order chi connectivity index (χ1) is 9.27. The predicted octanol–water partition coefficient (Wildman–Crippen LogP) is 5.54. The number of hydrogen-bond donors (Lipinski definition) is 0. The highest BCUT2D eigenvalue weighted by molar-refractivity contribution is 6.31. The number of nitrogens with zero attached hydrogens (tertiary/aromatic N) is 2. The van der Waals surface area contributed by atoms with Gasteiger partial charge >= 0.3 is 0 Å². The summed E-state index contributed by atoms with van der Waals surface area (Å²) in [6.45, 7) is 6.83. The Morgan fingerprint density at radius 2 is 1.55 bits per heavy atom. The van der Waals surface area contributed by atoms with Crippen LogP contribution in [-0.4, -0.2) is 18.1 Å². The molecule has 2 nitrogen and oxygen atoms in total. The van der Waals surface area contributed by atoms with Crippen LogP contribution >= 0.6 is 11.6 Å². The van der Waals surface area contributed by atoms with Crippen molar-refractivity contribution in [3.8, 4) is 0 Å². The van der Waals surface area contributed by atoms with Gasteiger partial charge in [-0.25, -0.2) is 5.01 Å². The minimum Gasteiger partial charge on any atom is -0.270 e. The van der Waals surface area contributed by atoms with Crippen molar-refractivity contribution in [2.24, 2.45) is 0 Å². The van der Waals surface area contributed by atoms with Crippen LogP contribution in [0.3, 0.4) is 0 Å². The molecule has 0 aliphatic carbocycles. The third kappa shape index (κ3) is 4.35. The van der Waals surface area contributed by atoms with Crippen molar-refractivity contribution in [1.82, 2.24) is 5.01 Å². The molecule has 1 heterocycles. The number of rotatable bonds is 9. The summed E-state index contributed by atoms with van der Waals surface area (Å²) in [4.78, 5) is 0. The topological polar surface area (TPSA) is 6.25 Å². The minimum absolute atomic E-state index is 0. The van der Waals surface area contributed by atoms with Gasteiger partial charge in [-0.15, -0.1) is 0 Å². The van der Waals surface area contributed by atoms with Crippen molar-refractivity contribution in [3.63, 3.8) is 0 Å². The average molecular weight is 301 g/mol. The van der Waals surface area contributed by atoms with Crippen molar-refractivity contribution in [2.75, 3.05) is 18.1 Å². The molecule has 1 aliphatic rings. The van der Waals surface area contributed by atoms with E-state index in [9.17, 15) is 0 Å². The monoisotopic (exact) mass is 300 g/mol. The van der Waals surface area contributed by atoms with Gasteiger partial charge < -0.3 is 0 Å². The van der Waals surface area contributed by atoms with Crippen LogP contribution in [-0.2, 0) is 0 Å². The van der Waals surface area contributed by atoms with E-state index in [-0.39, 0.29) is 4.70 Å². The first kappa shape index (κ1) is 17.3. The van der Waals surface area contributed by atoms with Crippen molar-refractivity contribution in [3.05, 3.63) is 23.2 Å². The molecule has 0 saturated carbocycles. The number of fused-ring (bicyclic) bond motifs is 1. The Kier molecular flexibility index (Phi) is 7.31. The molecular weight excluding hydrogens is 275 g/mol. The standard InChI is InChI=1S/C16H25ClN2.FH/c1-3-5-7-11-18(12-8-6-4-2)19-15-10-9-14(17)13-16(15)19;/h9-10,13H,3-8,11-12H2,1-2H3;1H. The maximum atomic E-state index is 6.06. The maximum Gasteiger partial charge on any atom is 0.0847 e. The Hall–Kier alpha value is -0.800. The van der Waals surface area contributed by atoms with E-state index in [2.05, 4.69) is 36.0 Å². The van der Waals surface area contributed by atoms with E-state index in [1.165, 1.54) is 49.9 Å². The van der Waals surface area contributed by atoms with Crippen LogP contribution in [0.25, 0.3) is 0 Å². The van der Waals surface area contributed by atoms with Crippen LogP contribution in [0.4, 0.5) is 16.1 Å². The fraction of sp³-hybridized carbons (Fsp3) is 0.625. The molecule has 1 aromatic carbocycles. The minimum atomic E-state index is 0. The second kappa shape index (κ2) is 8.48. The van der Waals surface area contributed by atoms with E-state index in [0.29, 0.717) is 0 Å².